The van der Waals surface area contributed by atoms with Crippen LogP contribution in [0.2, 0.25) is 0 Å². The first-order valence-electron chi connectivity index (χ1n) is 7.58. The molecule has 0 radical (unpaired) electrons. The van der Waals surface area contributed by atoms with Crippen LogP contribution in [0.4, 0.5) is 0 Å². The van der Waals surface area contributed by atoms with E-state index >= 15 is 0 Å². The predicted octanol–water partition coefficient (Wildman–Crippen LogP) is 3.47. The van der Waals surface area contributed by atoms with Gasteiger partial charge in [0.1, 0.15) is 11.4 Å². The maximum absolute atomic E-state index is 12.3. The van der Waals surface area contributed by atoms with Crippen molar-refractivity contribution >= 4 is 10.0 Å². The molecule has 0 unspecified atom stereocenters. The third-order valence-corrected chi connectivity index (χ3v) is 5.02. The molecule has 1 fully saturated rings. The summed E-state index contributed by atoms with van der Waals surface area (Å²) in [4.78, 5) is 0.300. The first-order valence-corrected chi connectivity index (χ1v) is 9.06. The average Bonchev–Trinajstić information content (AvgIpc) is 2.38. The third kappa shape index (κ3) is 5.00. The summed E-state index contributed by atoms with van der Waals surface area (Å²) in [5.41, 5.74) is -0.291. The number of ether oxygens (including phenoxy) is 1. The molecule has 21 heavy (non-hydrogen) atoms. The molecular weight excluding hydrogens is 286 g/mol. The number of rotatable bonds is 4. The fraction of sp³-hybridized carbons (Fsp3) is 0.625. The molecule has 1 aromatic carbocycles. The lowest BCUT2D eigenvalue weighted by Crippen LogP contribution is -2.36. The van der Waals surface area contributed by atoms with Gasteiger partial charge in [-0.15, -0.1) is 0 Å². The Morgan fingerprint density at radius 1 is 1.05 bits per heavy atom. The van der Waals surface area contributed by atoms with Gasteiger partial charge in [-0.3, -0.25) is 0 Å². The Bertz CT molecular complexity index is 552. The summed E-state index contributed by atoms with van der Waals surface area (Å²) in [7, 11) is -3.43. The molecule has 2 rings (SSSR count). The van der Waals surface area contributed by atoms with Crippen molar-refractivity contribution in [3.05, 3.63) is 24.3 Å². The highest BCUT2D eigenvalue weighted by atomic mass is 32.2. The molecule has 1 aliphatic carbocycles. The van der Waals surface area contributed by atoms with E-state index in [2.05, 4.69) is 4.72 Å². The number of sulfonamides is 1. The van der Waals surface area contributed by atoms with Crippen LogP contribution < -0.4 is 9.46 Å². The number of nitrogens with one attached hydrogen (secondary N) is 1. The highest BCUT2D eigenvalue weighted by molar-refractivity contribution is 7.89. The average molecular weight is 311 g/mol. The Balaban J connectivity index is 2.06. The van der Waals surface area contributed by atoms with Gasteiger partial charge in [0, 0.05) is 6.04 Å². The molecule has 118 valence electrons. The molecule has 0 heterocycles. The number of hydrogen-bond donors (Lipinski definition) is 1. The van der Waals surface area contributed by atoms with Crippen molar-refractivity contribution in [3.63, 3.8) is 0 Å². The first kappa shape index (κ1) is 16.3. The normalized spacial score (nSPS) is 17.7. The summed E-state index contributed by atoms with van der Waals surface area (Å²) >= 11 is 0. The van der Waals surface area contributed by atoms with Crippen LogP contribution in [0.1, 0.15) is 52.9 Å². The molecule has 0 saturated heterocycles. The molecule has 0 aromatic heterocycles. The Hall–Kier alpha value is -1.07. The largest absolute Gasteiger partial charge is 0.488 e. The number of benzene rings is 1. The fourth-order valence-electron chi connectivity index (χ4n) is 2.55. The van der Waals surface area contributed by atoms with Gasteiger partial charge in [0.15, 0.2) is 0 Å². The van der Waals surface area contributed by atoms with Crippen LogP contribution in [-0.2, 0) is 10.0 Å². The second-order valence-corrected chi connectivity index (χ2v) is 8.36. The van der Waals surface area contributed by atoms with Crippen LogP contribution >= 0.6 is 0 Å². The number of hydrogen-bond acceptors (Lipinski definition) is 3. The molecule has 1 aliphatic rings. The SMILES string of the molecule is CC(C)(C)Oc1ccc(S(=O)(=O)NC2CCCCC2)cc1. The molecule has 0 bridgehead atoms. The molecule has 1 N–H and O–H groups in total. The fourth-order valence-corrected chi connectivity index (χ4v) is 3.85. The van der Waals surface area contributed by atoms with Crippen LogP contribution in [0.15, 0.2) is 29.2 Å². The molecular formula is C16H25NO3S. The third-order valence-electron chi connectivity index (χ3n) is 3.49. The minimum Gasteiger partial charge on any atom is -0.488 e. The summed E-state index contributed by atoms with van der Waals surface area (Å²) < 4.78 is 33.2. The molecule has 0 aliphatic heterocycles. The molecule has 0 amide bonds. The molecule has 1 aromatic rings. The zero-order chi connectivity index (χ0) is 15.5. The van der Waals surface area contributed by atoms with Gasteiger partial charge in [0.25, 0.3) is 0 Å². The Morgan fingerprint density at radius 2 is 1.62 bits per heavy atom. The van der Waals surface area contributed by atoms with E-state index in [1.807, 2.05) is 20.8 Å². The lowest BCUT2D eigenvalue weighted by atomic mass is 9.96. The highest BCUT2D eigenvalue weighted by Crippen LogP contribution is 2.22. The Kier molecular flexibility index (Phi) is 4.94. The van der Waals surface area contributed by atoms with Gasteiger partial charge >= 0.3 is 0 Å². The van der Waals surface area contributed by atoms with Crippen LogP contribution in [0.5, 0.6) is 5.75 Å². The van der Waals surface area contributed by atoms with Gasteiger partial charge in [-0.2, -0.15) is 0 Å². The highest BCUT2D eigenvalue weighted by Gasteiger charge is 2.22. The topological polar surface area (TPSA) is 55.4 Å². The van der Waals surface area contributed by atoms with Gasteiger partial charge in [-0.1, -0.05) is 19.3 Å². The lowest BCUT2D eigenvalue weighted by Gasteiger charge is -2.23. The van der Waals surface area contributed by atoms with Gasteiger partial charge in [-0.25, -0.2) is 13.1 Å². The van der Waals surface area contributed by atoms with Crippen molar-refractivity contribution in [3.8, 4) is 5.75 Å². The van der Waals surface area contributed by atoms with Crippen molar-refractivity contribution in [1.82, 2.24) is 4.72 Å². The second kappa shape index (κ2) is 6.36. The molecule has 0 spiro atoms. The first-order chi connectivity index (χ1) is 9.76. The van der Waals surface area contributed by atoms with E-state index in [1.54, 1.807) is 24.3 Å². The van der Waals surface area contributed by atoms with Gasteiger partial charge in [0.05, 0.1) is 4.90 Å². The van der Waals surface area contributed by atoms with Crippen molar-refractivity contribution in [2.24, 2.45) is 0 Å². The Morgan fingerprint density at radius 3 is 2.14 bits per heavy atom. The van der Waals surface area contributed by atoms with E-state index in [4.69, 9.17) is 4.74 Å². The molecule has 0 atom stereocenters. The summed E-state index contributed by atoms with van der Waals surface area (Å²) in [5, 5.41) is 0. The minimum absolute atomic E-state index is 0.0780. The monoisotopic (exact) mass is 311 g/mol. The van der Waals surface area contributed by atoms with E-state index in [0.717, 1.165) is 25.7 Å². The van der Waals surface area contributed by atoms with Gasteiger partial charge in [-0.05, 0) is 57.9 Å². The Labute approximate surface area is 127 Å². The quantitative estimate of drug-likeness (QED) is 0.926. The second-order valence-electron chi connectivity index (χ2n) is 6.64. The van der Waals surface area contributed by atoms with Gasteiger partial charge in [0.2, 0.25) is 10.0 Å². The molecule has 4 nitrogen and oxygen atoms in total. The summed E-state index contributed by atoms with van der Waals surface area (Å²) in [6, 6.07) is 6.70. The zero-order valence-electron chi connectivity index (χ0n) is 13.1. The van der Waals surface area contributed by atoms with Crippen LogP contribution in [-0.4, -0.2) is 20.1 Å². The van der Waals surface area contributed by atoms with Crippen molar-refractivity contribution in [2.75, 3.05) is 0 Å². The summed E-state index contributed by atoms with van der Waals surface area (Å²) in [5.74, 6) is 0.680. The maximum atomic E-state index is 12.3. The predicted molar refractivity (Wildman–Crippen MR) is 84.0 cm³/mol. The van der Waals surface area contributed by atoms with Gasteiger partial charge < -0.3 is 4.74 Å². The van der Waals surface area contributed by atoms with E-state index in [-0.39, 0.29) is 11.6 Å². The zero-order valence-corrected chi connectivity index (χ0v) is 13.9. The van der Waals surface area contributed by atoms with Crippen LogP contribution in [0, 0.1) is 0 Å². The lowest BCUT2D eigenvalue weighted by molar-refractivity contribution is 0.131. The van der Waals surface area contributed by atoms with Crippen LogP contribution in [0.25, 0.3) is 0 Å². The van der Waals surface area contributed by atoms with Crippen molar-refractivity contribution in [2.45, 2.75) is 69.4 Å². The van der Waals surface area contributed by atoms with Crippen molar-refractivity contribution < 1.29 is 13.2 Å². The summed E-state index contributed by atoms with van der Waals surface area (Å²) in [6.45, 7) is 5.88. The van der Waals surface area contributed by atoms with E-state index in [0.29, 0.717) is 10.6 Å². The minimum atomic E-state index is -3.43. The smallest absolute Gasteiger partial charge is 0.240 e. The molecule has 5 heteroatoms. The molecule has 1 saturated carbocycles. The van der Waals surface area contributed by atoms with Crippen molar-refractivity contribution in [1.29, 1.82) is 0 Å². The maximum Gasteiger partial charge on any atom is 0.240 e. The van der Waals surface area contributed by atoms with E-state index in [9.17, 15) is 8.42 Å². The van der Waals surface area contributed by atoms with Crippen LogP contribution in [0.3, 0.4) is 0 Å². The van der Waals surface area contributed by atoms with E-state index in [1.165, 1.54) is 6.42 Å². The standard InChI is InChI=1S/C16H25NO3S/c1-16(2,3)20-14-9-11-15(12-10-14)21(18,19)17-13-7-5-4-6-8-13/h9-13,17H,4-8H2,1-3H3. The summed E-state index contributed by atoms with van der Waals surface area (Å²) in [6.07, 6.45) is 5.28. The van der Waals surface area contributed by atoms with E-state index < -0.39 is 10.0 Å².